The maximum absolute atomic E-state index is 8.05. The number of azide groups is 1. The molecule has 0 atom stereocenters. The van der Waals surface area contributed by atoms with E-state index in [9.17, 15) is 0 Å². The molecule has 0 N–H and O–H groups in total. The molecule has 1 aromatic rings. The molecule has 0 unspecified atom stereocenters. The fraction of sp³-hybridized carbons (Fsp3) is 0.250. The SMILES string of the molecule is [N-]=[N+]=NCCc1ccc(Cl)c(Cl)c1. The predicted molar refractivity (Wildman–Crippen MR) is 54.2 cm³/mol. The Balaban J connectivity index is 2.68. The lowest BCUT2D eigenvalue weighted by Gasteiger charge is -1.99. The van der Waals surface area contributed by atoms with Crippen molar-refractivity contribution in [3.05, 3.63) is 44.3 Å². The Morgan fingerprint density at radius 3 is 2.69 bits per heavy atom. The first kappa shape index (κ1) is 10.2. The van der Waals surface area contributed by atoms with Crippen molar-refractivity contribution in [2.24, 2.45) is 5.11 Å². The van der Waals surface area contributed by atoms with Crippen LogP contribution in [0.3, 0.4) is 0 Å². The summed E-state index contributed by atoms with van der Waals surface area (Å²) >= 11 is 11.5. The zero-order chi connectivity index (χ0) is 9.68. The molecule has 0 bridgehead atoms. The third-order valence-corrected chi connectivity index (χ3v) is 2.29. The Labute approximate surface area is 85.9 Å². The van der Waals surface area contributed by atoms with E-state index in [4.69, 9.17) is 28.7 Å². The fourth-order valence-corrected chi connectivity index (χ4v) is 1.24. The van der Waals surface area contributed by atoms with Gasteiger partial charge in [-0.15, -0.1) is 0 Å². The maximum atomic E-state index is 8.05. The second kappa shape index (κ2) is 4.97. The van der Waals surface area contributed by atoms with Crippen LogP contribution < -0.4 is 0 Å². The summed E-state index contributed by atoms with van der Waals surface area (Å²) in [5, 5.41) is 4.49. The van der Waals surface area contributed by atoms with Crippen molar-refractivity contribution >= 4 is 23.2 Å². The molecular formula is C8H7Cl2N3. The molecule has 1 rings (SSSR count). The normalized spacial score (nSPS) is 9.38. The quantitative estimate of drug-likeness (QED) is 0.418. The minimum Gasteiger partial charge on any atom is -0.0936 e. The first-order valence-corrected chi connectivity index (χ1v) is 4.44. The van der Waals surface area contributed by atoms with Gasteiger partial charge in [0.15, 0.2) is 0 Å². The summed E-state index contributed by atoms with van der Waals surface area (Å²) in [7, 11) is 0. The number of hydrogen-bond donors (Lipinski definition) is 0. The van der Waals surface area contributed by atoms with Crippen molar-refractivity contribution < 1.29 is 0 Å². The molecule has 0 heterocycles. The van der Waals surface area contributed by atoms with Gasteiger partial charge in [-0.3, -0.25) is 0 Å². The van der Waals surface area contributed by atoms with E-state index in [0.29, 0.717) is 23.0 Å². The van der Waals surface area contributed by atoms with E-state index in [-0.39, 0.29) is 0 Å². The van der Waals surface area contributed by atoms with E-state index in [1.807, 2.05) is 6.07 Å². The van der Waals surface area contributed by atoms with E-state index in [1.54, 1.807) is 12.1 Å². The Kier molecular flexibility index (Phi) is 3.90. The van der Waals surface area contributed by atoms with E-state index < -0.39 is 0 Å². The van der Waals surface area contributed by atoms with Gasteiger partial charge in [-0.05, 0) is 29.6 Å². The molecule has 0 aliphatic rings. The highest BCUT2D eigenvalue weighted by Crippen LogP contribution is 2.22. The summed E-state index contributed by atoms with van der Waals surface area (Å²) < 4.78 is 0. The first-order chi connectivity index (χ1) is 6.24. The summed E-state index contributed by atoms with van der Waals surface area (Å²) in [4.78, 5) is 2.66. The molecule has 3 nitrogen and oxygen atoms in total. The Morgan fingerprint density at radius 2 is 2.08 bits per heavy atom. The van der Waals surface area contributed by atoms with Crippen molar-refractivity contribution in [3.63, 3.8) is 0 Å². The largest absolute Gasteiger partial charge is 0.0936 e. The molecule has 1 aromatic carbocycles. The van der Waals surface area contributed by atoms with Gasteiger partial charge in [0.2, 0.25) is 0 Å². The van der Waals surface area contributed by atoms with Gasteiger partial charge in [-0.2, -0.15) is 0 Å². The summed E-state index contributed by atoms with van der Waals surface area (Å²) in [6, 6.07) is 5.37. The molecule has 0 saturated heterocycles. The van der Waals surface area contributed by atoms with E-state index in [2.05, 4.69) is 10.0 Å². The van der Waals surface area contributed by atoms with Crippen LogP contribution in [0.1, 0.15) is 5.56 Å². The van der Waals surface area contributed by atoms with Crippen LogP contribution >= 0.6 is 23.2 Å². The van der Waals surface area contributed by atoms with Crippen LogP contribution in [0.2, 0.25) is 10.0 Å². The number of nitrogens with zero attached hydrogens (tertiary/aromatic N) is 3. The number of benzene rings is 1. The summed E-state index contributed by atoms with van der Waals surface area (Å²) in [6.45, 7) is 0.439. The molecule has 0 aromatic heterocycles. The van der Waals surface area contributed by atoms with E-state index in [1.165, 1.54) is 0 Å². The Morgan fingerprint density at radius 1 is 1.31 bits per heavy atom. The zero-order valence-electron chi connectivity index (χ0n) is 6.74. The first-order valence-electron chi connectivity index (χ1n) is 3.69. The summed E-state index contributed by atoms with van der Waals surface area (Å²) in [6.07, 6.45) is 0.681. The molecule has 0 amide bonds. The number of rotatable bonds is 3. The monoisotopic (exact) mass is 215 g/mol. The Hall–Kier alpha value is -0.890. The highest BCUT2D eigenvalue weighted by molar-refractivity contribution is 6.42. The topological polar surface area (TPSA) is 48.8 Å². The van der Waals surface area contributed by atoms with Crippen molar-refractivity contribution in [1.29, 1.82) is 0 Å². The molecule has 68 valence electrons. The van der Waals surface area contributed by atoms with Crippen molar-refractivity contribution in [2.45, 2.75) is 6.42 Å². The van der Waals surface area contributed by atoms with Gasteiger partial charge in [0.1, 0.15) is 0 Å². The second-order valence-corrected chi connectivity index (χ2v) is 3.27. The van der Waals surface area contributed by atoms with Crippen LogP contribution in [0.25, 0.3) is 10.4 Å². The third-order valence-electron chi connectivity index (χ3n) is 1.55. The fourth-order valence-electron chi connectivity index (χ4n) is 0.919. The van der Waals surface area contributed by atoms with Crippen LogP contribution in [-0.4, -0.2) is 6.54 Å². The van der Waals surface area contributed by atoms with Gasteiger partial charge in [-0.1, -0.05) is 34.4 Å². The molecule has 0 spiro atoms. The van der Waals surface area contributed by atoms with Crippen molar-refractivity contribution in [2.75, 3.05) is 6.54 Å². The van der Waals surface area contributed by atoms with Crippen LogP contribution in [0, 0.1) is 0 Å². The number of halogens is 2. The lowest BCUT2D eigenvalue weighted by molar-refractivity contribution is 0.956. The highest BCUT2D eigenvalue weighted by atomic mass is 35.5. The average Bonchev–Trinajstić information content (AvgIpc) is 2.12. The molecule has 0 saturated carbocycles. The van der Waals surface area contributed by atoms with Gasteiger partial charge in [0.25, 0.3) is 0 Å². The van der Waals surface area contributed by atoms with Crippen LogP contribution in [-0.2, 0) is 6.42 Å². The van der Waals surface area contributed by atoms with Crippen LogP contribution in [0.4, 0.5) is 0 Å². The lowest BCUT2D eigenvalue weighted by Crippen LogP contribution is -1.87. The lowest BCUT2D eigenvalue weighted by atomic mass is 10.1. The molecule has 5 heteroatoms. The molecule has 0 radical (unpaired) electrons. The third kappa shape index (κ3) is 3.15. The molecular weight excluding hydrogens is 209 g/mol. The highest BCUT2D eigenvalue weighted by Gasteiger charge is 1.98. The van der Waals surface area contributed by atoms with Gasteiger partial charge in [-0.25, -0.2) is 0 Å². The molecule has 13 heavy (non-hydrogen) atoms. The van der Waals surface area contributed by atoms with Crippen molar-refractivity contribution in [3.8, 4) is 0 Å². The smallest absolute Gasteiger partial charge is 0.0595 e. The minimum absolute atomic E-state index is 0.439. The van der Waals surface area contributed by atoms with Gasteiger partial charge in [0, 0.05) is 11.5 Å². The number of hydrogen-bond acceptors (Lipinski definition) is 1. The van der Waals surface area contributed by atoms with E-state index >= 15 is 0 Å². The predicted octanol–water partition coefficient (Wildman–Crippen LogP) is 3.85. The van der Waals surface area contributed by atoms with Crippen LogP contribution in [0.5, 0.6) is 0 Å². The van der Waals surface area contributed by atoms with Gasteiger partial charge in [0.05, 0.1) is 10.0 Å². The van der Waals surface area contributed by atoms with Gasteiger partial charge < -0.3 is 0 Å². The van der Waals surface area contributed by atoms with Gasteiger partial charge >= 0.3 is 0 Å². The standard InChI is InChI=1S/C8H7Cl2N3/c9-7-2-1-6(5-8(7)10)3-4-12-13-11/h1-2,5H,3-4H2. The van der Waals surface area contributed by atoms with Crippen molar-refractivity contribution in [1.82, 2.24) is 0 Å². The summed E-state index contributed by atoms with van der Waals surface area (Å²) in [5.74, 6) is 0. The zero-order valence-corrected chi connectivity index (χ0v) is 8.26. The molecule has 0 fully saturated rings. The Bertz CT molecular complexity index is 345. The van der Waals surface area contributed by atoms with E-state index in [0.717, 1.165) is 5.56 Å². The second-order valence-electron chi connectivity index (χ2n) is 2.45. The minimum atomic E-state index is 0.439. The maximum Gasteiger partial charge on any atom is 0.0595 e. The summed E-state index contributed by atoms with van der Waals surface area (Å²) in [5.41, 5.74) is 9.07. The van der Waals surface area contributed by atoms with Crippen LogP contribution in [0.15, 0.2) is 23.3 Å². The molecule has 0 aliphatic carbocycles. The average molecular weight is 216 g/mol. The molecule has 0 aliphatic heterocycles.